The molecule has 1 fully saturated rings. The van der Waals surface area contributed by atoms with E-state index in [1.807, 2.05) is 30.6 Å². The van der Waals surface area contributed by atoms with Crippen LogP contribution in [-0.2, 0) is 0 Å². The van der Waals surface area contributed by atoms with Gasteiger partial charge in [-0.05, 0) is 37.8 Å². The third-order valence-corrected chi connectivity index (χ3v) is 3.65. The molecule has 1 aromatic heterocycles. The summed E-state index contributed by atoms with van der Waals surface area (Å²) in [4.78, 5) is 4.14. The Bertz CT molecular complexity index is 537. The fourth-order valence-electron chi connectivity index (χ4n) is 2.58. The maximum Gasteiger partial charge on any atom is 0.127 e. The van der Waals surface area contributed by atoms with Crippen LogP contribution in [0.15, 0.2) is 36.7 Å². The van der Waals surface area contributed by atoms with E-state index in [1.54, 1.807) is 0 Å². The molecule has 0 saturated heterocycles. The number of nitrogens with two attached hydrogens (primary N) is 1. The van der Waals surface area contributed by atoms with E-state index in [1.165, 1.54) is 0 Å². The Labute approximate surface area is 131 Å². The van der Waals surface area contributed by atoms with Crippen LogP contribution in [0.3, 0.4) is 0 Å². The zero-order chi connectivity index (χ0) is 12.4. The molecule has 2 N–H and O–H groups in total. The van der Waals surface area contributed by atoms with Crippen molar-refractivity contribution in [1.29, 1.82) is 0 Å². The van der Waals surface area contributed by atoms with Crippen molar-refractivity contribution in [2.24, 2.45) is 5.73 Å². The topological polar surface area (TPSA) is 48.1 Å². The van der Waals surface area contributed by atoms with E-state index in [0.29, 0.717) is 12.1 Å². The quantitative estimate of drug-likeness (QED) is 0.918. The van der Waals surface area contributed by atoms with Crippen molar-refractivity contribution in [1.82, 2.24) is 4.98 Å². The van der Waals surface area contributed by atoms with E-state index in [2.05, 4.69) is 11.1 Å². The van der Waals surface area contributed by atoms with E-state index in [-0.39, 0.29) is 24.8 Å². The van der Waals surface area contributed by atoms with Crippen molar-refractivity contribution in [2.75, 3.05) is 0 Å². The standard InChI is InChI=1S/C15H18N2O.2ClH/c16-12-4-6-13(7-5-12)18-15-3-1-2-11-10-17-9-8-14(11)15;;/h1-3,8-10,12-13H,4-7,16H2;2*1H. The molecule has 1 heterocycles. The summed E-state index contributed by atoms with van der Waals surface area (Å²) in [6.45, 7) is 0. The second-order valence-electron chi connectivity index (χ2n) is 5.01. The van der Waals surface area contributed by atoms with Gasteiger partial charge in [-0.1, -0.05) is 12.1 Å². The van der Waals surface area contributed by atoms with Crippen LogP contribution in [0.4, 0.5) is 0 Å². The molecular formula is C15H20Cl2N2O. The number of hydrogen-bond donors (Lipinski definition) is 1. The lowest BCUT2D eigenvalue weighted by Gasteiger charge is -2.27. The van der Waals surface area contributed by atoms with Gasteiger partial charge in [0.25, 0.3) is 0 Å². The highest BCUT2D eigenvalue weighted by Crippen LogP contribution is 2.28. The zero-order valence-corrected chi connectivity index (χ0v) is 12.8. The first kappa shape index (κ1) is 17.0. The van der Waals surface area contributed by atoms with Gasteiger partial charge in [0, 0.05) is 29.2 Å². The number of fused-ring (bicyclic) bond motifs is 1. The molecule has 1 aromatic carbocycles. The molecule has 0 atom stereocenters. The summed E-state index contributed by atoms with van der Waals surface area (Å²) >= 11 is 0. The monoisotopic (exact) mass is 314 g/mol. The number of halogens is 2. The maximum absolute atomic E-state index is 6.13. The molecule has 0 radical (unpaired) electrons. The minimum Gasteiger partial charge on any atom is -0.490 e. The molecule has 0 amide bonds. The van der Waals surface area contributed by atoms with Gasteiger partial charge in [-0.25, -0.2) is 0 Å². The SMILES string of the molecule is Cl.Cl.NC1CCC(Oc2cccc3cnccc23)CC1. The summed E-state index contributed by atoms with van der Waals surface area (Å²) in [6.07, 6.45) is 8.24. The Morgan fingerprint density at radius 3 is 2.55 bits per heavy atom. The number of aromatic nitrogens is 1. The lowest BCUT2D eigenvalue weighted by atomic mass is 9.93. The van der Waals surface area contributed by atoms with Crippen molar-refractivity contribution in [3.63, 3.8) is 0 Å². The zero-order valence-electron chi connectivity index (χ0n) is 11.2. The second-order valence-corrected chi connectivity index (χ2v) is 5.01. The minimum absolute atomic E-state index is 0. The number of pyridine rings is 1. The molecule has 3 nitrogen and oxygen atoms in total. The largest absolute Gasteiger partial charge is 0.490 e. The number of nitrogens with zero attached hydrogens (tertiary/aromatic N) is 1. The van der Waals surface area contributed by atoms with Crippen LogP contribution >= 0.6 is 24.8 Å². The normalized spacial score (nSPS) is 21.6. The molecule has 110 valence electrons. The van der Waals surface area contributed by atoms with Gasteiger partial charge in [-0.3, -0.25) is 4.98 Å². The van der Waals surface area contributed by atoms with Crippen LogP contribution in [0, 0.1) is 0 Å². The highest BCUT2D eigenvalue weighted by molar-refractivity contribution is 5.87. The number of ether oxygens (including phenoxy) is 1. The Morgan fingerprint density at radius 2 is 1.80 bits per heavy atom. The third kappa shape index (κ3) is 3.75. The minimum atomic E-state index is 0. The van der Waals surface area contributed by atoms with E-state index in [0.717, 1.165) is 42.2 Å². The first-order valence-electron chi connectivity index (χ1n) is 6.58. The fraction of sp³-hybridized carbons (Fsp3) is 0.400. The van der Waals surface area contributed by atoms with Crippen LogP contribution in [0.25, 0.3) is 10.8 Å². The molecule has 1 saturated carbocycles. The Balaban J connectivity index is 0.000001000. The predicted octanol–water partition coefficient (Wildman–Crippen LogP) is 3.73. The molecule has 5 heteroatoms. The van der Waals surface area contributed by atoms with Gasteiger partial charge in [0.1, 0.15) is 5.75 Å². The summed E-state index contributed by atoms with van der Waals surface area (Å²) in [5.41, 5.74) is 5.92. The summed E-state index contributed by atoms with van der Waals surface area (Å²) in [7, 11) is 0. The average molecular weight is 315 g/mol. The first-order chi connectivity index (χ1) is 8.83. The highest BCUT2D eigenvalue weighted by atomic mass is 35.5. The van der Waals surface area contributed by atoms with Gasteiger partial charge in [-0.15, -0.1) is 24.8 Å². The number of benzene rings is 1. The fourth-order valence-corrected chi connectivity index (χ4v) is 2.58. The summed E-state index contributed by atoms with van der Waals surface area (Å²) < 4.78 is 6.13. The maximum atomic E-state index is 6.13. The van der Waals surface area contributed by atoms with Crippen LogP contribution in [0.2, 0.25) is 0 Å². The predicted molar refractivity (Wildman–Crippen MR) is 87.1 cm³/mol. The van der Waals surface area contributed by atoms with Gasteiger partial charge in [0.2, 0.25) is 0 Å². The molecular weight excluding hydrogens is 295 g/mol. The third-order valence-electron chi connectivity index (χ3n) is 3.65. The van der Waals surface area contributed by atoms with Gasteiger partial charge in [-0.2, -0.15) is 0 Å². The number of hydrogen-bond acceptors (Lipinski definition) is 3. The highest BCUT2D eigenvalue weighted by Gasteiger charge is 2.20. The van der Waals surface area contributed by atoms with Gasteiger partial charge >= 0.3 is 0 Å². The molecule has 1 aliphatic rings. The van der Waals surface area contributed by atoms with E-state index >= 15 is 0 Å². The van der Waals surface area contributed by atoms with E-state index in [4.69, 9.17) is 10.5 Å². The van der Waals surface area contributed by atoms with Crippen LogP contribution in [0.5, 0.6) is 5.75 Å². The van der Waals surface area contributed by atoms with Gasteiger partial charge < -0.3 is 10.5 Å². The smallest absolute Gasteiger partial charge is 0.127 e. The second kappa shape index (κ2) is 7.67. The molecule has 0 aliphatic heterocycles. The summed E-state index contributed by atoms with van der Waals surface area (Å²) in [5, 5.41) is 2.27. The Hall–Kier alpha value is -1.03. The average Bonchev–Trinajstić information content (AvgIpc) is 2.42. The Kier molecular flexibility index (Phi) is 6.53. The molecule has 20 heavy (non-hydrogen) atoms. The number of rotatable bonds is 2. The molecule has 0 spiro atoms. The molecule has 0 bridgehead atoms. The molecule has 3 rings (SSSR count). The molecule has 2 aromatic rings. The lowest BCUT2D eigenvalue weighted by Crippen LogP contribution is -2.31. The first-order valence-corrected chi connectivity index (χ1v) is 6.58. The van der Waals surface area contributed by atoms with Crippen LogP contribution < -0.4 is 10.5 Å². The van der Waals surface area contributed by atoms with Crippen molar-refractivity contribution in [2.45, 2.75) is 37.8 Å². The summed E-state index contributed by atoms with van der Waals surface area (Å²) in [6, 6.07) is 8.50. The van der Waals surface area contributed by atoms with Gasteiger partial charge in [0.05, 0.1) is 6.10 Å². The van der Waals surface area contributed by atoms with E-state index in [9.17, 15) is 0 Å². The molecule has 0 unspecified atom stereocenters. The Morgan fingerprint density at radius 1 is 1.05 bits per heavy atom. The van der Waals surface area contributed by atoms with Gasteiger partial charge in [0.15, 0.2) is 0 Å². The van der Waals surface area contributed by atoms with Crippen molar-refractivity contribution in [3.05, 3.63) is 36.7 Å². The van der Waals surface area contributed by atoms with Crippen LogP contribution in [-0.4, -0.2) is 17.1 Å². The molecule has 1 aliphatic carbocycles. The van der Waals surface area contributed by atoms with Crippen molar-refractivity contribution < 1.29 is 4.74 Å². The lowest BCUT2D eigenvalue weighted by molar-refractivity contribution is 0.149. The van der Waals surface area contributed by atoms with Crippen LogP contribution in [0.1, 0.15) is 25.7 Å². The van der Waals surface area contributed by atoms with E-state index < -0.39 is 0 Å². The summed E-state index contributed by atoms with van der Waals surface area (Å²) in [5.74, 6) is 0.968. The van der Waals surface area contributed by atoms with Crippen molar-refractivity contribution in [3.8, 4) is 5.75 Å². The van der Waals surface area contributed by atoms with Crippen molar-refractivity contribution >= 4 is 35.6 Å².